The molecule has 2 aromatic rings. The quantitative estimate of drug-likeness (QED) is 0.761. The minimum atomic E-state index is 0.0783. The molecule has 0 aliphatic carbocycles. The van der Waals surface area contributed by atoms with E-state index in [9.17, 15) is 0 Å². The highest BCUT2D eigenvalue weighted by Crippen LogP contribution is 2.22. The highest BCUT2D eigenvalue weighted by atomic mass is 16.5. The second kappa shape index (κ2) is 4.87. The maximum Gasteiger partial charge on any atom is 0.242 e. The summed E-state index contributed by atoms with van der Waals surface area (Å²) < 4.78 is 17.9. The van der Waals surface area contributed by atoms with Crippen molar-refractivity contribution in [2.45, 2.75) is 5.92 Å². The van der Waals surface area contributed by atoms with Gasteiger partial charge < -0.3 is 14.2 Å². The topological polar surface area (TPSA) is 70.8 Å². The Morgan fingerprint density at radius 2 is 2.06 bits per heavy atom. The molecule has 1 aliphatic heterocycles. The van der Waals surface area contributed by atoms with Gasteiger partial charge in [-0.2, -0.15) is 10.1 Å². The highest BCUT2D eigenvalue weighted by Gasteiger charge is 2.21. The van der Waals surface area contributed by atoms with E-state index >= 15 is 0 Å². The predicted molar refractivity (Wildman–Crippen MR) is 61.7 cm³/mol. The van der Waals surface area contributed by atoms with Gasteiger partial charge in [-0.1, -0.05) is 0 Å². The molecule has 0 unspecified atom stereocenters. The summed E-state index contributed by atoms with van der Waals surface area (Å²) in [4.78, 5) is 8.44. The van der Waals surface area contributed by atoms with Crippen molar-refractivity contribution in [2.24, 2.45) is 0 Å². The van der Waals surface area contributed by atoms with E-state index in [0.717, 1.165) is 11.3 Å². The van der Waals surface area contributed by atoms with Crippen molar-refractivity contribution >= 4 is 5.52 Å². The Hall–Kier alpha value is -1.73. The average molecular weight is 250 g/mol. The summed E-state index contributed by atoms with van der Waals surface area (Å²) in [5, 5.41) is 4.21. The number of methoxy groups -OCH3 is 1. The molecular weight excluding hydrogens is 236 g/mol. The van der Waals surface area contributed by atoms with Crippen molar-refractivity contribution in [3.05, 3.63) is 18.3 Å². The summed E-state index contributed by atoms with van der Waals surface area (Å²) >= 11 is 0. The van der Waals surface area contributed by atoms with E-state index in [1.165, 1.54) is 6.33 Å². The van der Waals surface area contributed by atoms with Crippen LogP contribution in [0.15, 0.2) is 12.5 Å². The van der Waals surface area contributed by atoms with Gasteiger partial charge in [0.25, 0.3) is 0 Å². The molecule has 0 bridgehead atoms. The molecule has 3 heterocycles. The predicted octanol–water partition coefficient (Wildman–Crippen LogP) is 0.263. The van der Waals surface area contributed by atoms with Crippen LogP contribution < -0.4 is 4.74 Å². The maximum atomic E-state index is 5.48. The lowest BCUT2D eigenvalue weighted by molar-refractivity contribution is 0.103. The van der Waals surface area contributed by atoms with Crippen molar-refractivity contribution in [2.75, 3.05) is 33.5 Å². The van der Waals surface area contributed by atoms with Gasteiger partial charge in [0.15, 0.2) is 0 Å². The fourth-order valence-corrected chi connectivity index (χ4v) is 2.03. The second-order valence-corrected chi connectivity index (χ2v) is 4.03. The van der Waals surface area contributed by atoms with Gasteiger partial charge in [0.2, 0.25) is 5.88 Å². The van der Waals surface area contributed by atoms with Crippen LogP contribution in [0.2, 0.25) is 0 Å². The molecule has 7 nitrogen and oxygen atoms in total. The normalized spacial score (nSPS) is 17.8. The Morgan fingerprint density at radius 1 is 1.28 bits per heavy atom. The number of hydrogen-bond acceptors (Lipinski definition) is 6. The fraction of sp³-hybridized carbons (Fsp3) is 0.545. The first-order chi connectivity index (χ1) is 8.90. The number of rotatable bonds is 2. The van der Waals surface area contributed by atoms with Crippen LogP contribution in [0.1, 0.15) is 11.7 Å². The van der Waals surface area contributed by atoms with Crippen LogP contribution in [0, 0.1) is 0 Å². The third-order valence-corrected chi connectivity index (χ3v) is 2.89. The summed E-state index contributed by atoms with van der Waals surface area (Å²) in [6, 6.07) is 0. The molecule has 1 aliphatic rings. The Balaban J connectivity index is 2.01. The summed E-state index contributed by atoms with van der Waals surface area (Å²) in [5.74, 6) is 1.40. The fourth-order valence-electron chi connectivity index (χ4n) is 2.03. The molecule has 3 rings (SSSR count). The van der Waals surface area contributed by atoms with Crippen molar-refractivity contribution in [3.8, 4) is 5.88 Å². The molecule has 0 spiro atoms. The lowest BCUT2D eigenvalue weighted by atomic mass is 10.1. The van der Waals surface area contributed by atoms with E-state index in [0.29, 0.717) is 32.3 Å². The zero-order chi connectivity index (χ0) is 12.4. The SMILES string of the molecule is COc1ncnn2c(C3COCCOC3)ncc12. The number of fused-ring (bicyclic) bond motifs is 1. The molecule has 7 heteroatoms. The second-order valence-electron chi connectivity index (χ2n) is 4.03. The van der Waals surface area contributed by atoms with Gasteiger partial charge in [-0.15, -0.1) is 0 Å². The van der Waals surface area contributed by atoms with Gasteiger partial charge in [-0.05, 0) is 0 Å². The van der Waals surface area contributed by atoms with Gasteiger partial charge >= 0.3 is 0 Å². The van der Waals surface area contributed by atoms with Crippen molar-refractivity contribution in [3.63, 3.8) is 0 Å². The Bertz CT molecular complexity index is 534. The summed E-state index contributed by atoms with van der Waals surface area (Å²) in [5.41, 5.74) is 0.749. The standard InChI is InChI=1S/C11H14N4O3/c1-16-11-9-4-12-10(15(9)14-7-13-11)8-5-17-2-3-18-6-8/h4,7-8H,2-3,5-6H2,1H3. The number of hydrogen-bond donors (Lipinski definition) is 0. The smallest absolute Gasteiger partial charge is 0.242 e. The van der Waals surface area contributed by atoms with Crippen LogP contribution in [0.5, 0.6) is 5.88 Å². The van der Waals surface area contributed by atoms with Crippen molar-refractivity contribution in [1.29, 1.82) is 0 Å². The average Bonchev–Trinajstić information content (AvgIpc) is 2.66. The minimum Gasteiger partial charge on any atom is -0.479 e. The zero-order valence-electron chi connectivity index (χ0n) is 10.1. The lowest BCUT2D eigenvalue weighted by Crippen LogP contribution is -2.15. The van der Waals surface area contributed by atoms with Crippen LogP contribution in [0.25, 0.3) is 5.52 Å². The monoisotopic (exact) mass is 250 g/mol. The van der Waals surface area contributed by atoms with Crippen LogP contribution in [-0.2, 0) is 9.47 Å². The number of ether oxygens (including phenoxy) is 3. The van der Waals surface area contributed by atoms with E-state index in [1.807, 2.05) is 0 Å². The Kier molecular flexibility index (Phi) is 3.07. The molecule has 0 N–H and O–H groups in total. The van der Waals surface area contributed by atoms with E-state index < -0.39 is 0 Å². The number of aromatic nitrogens is 4. The lowest BCUT2D eigenvalue weighted by Gasteiger charge is -2.11. The van der Waals surface area contributed by atoms with Gasteiger partial charge in [0.05, 0.1) is 45.7 Å². The molecule has 0 radical (unpaired) electrons. The first-order valence-electron chi connectivity index (χ1n) is 5.78. The molecule has 1 fully saturated rings. The van der Waals surface area contributed by atoms with Gasteiger partial charge in [0.1, 0.15) is 17.7 Å². The summed E-state index contributed by atoms with van der Waals surface area (Å²) in [7, 11) is 1.58. The van der Waals surface area contributed by atoms with E-state index in [2.05, 4.69) is 15.1 Å². The van der Waals surface area contributed by atoms with E-state index in [4.69, 9.17) is 14.2 Å². The number of imidazole rings is 1. The molecule has 18 heavy (non-hydrogen) atoms. The molecule has 0 amide bonds. The summed E-state index contributed by atoms with van der Waals surface area (Å²) in [6.45, 7) is 2.42. The van der Waals surface area contributed by atoms with Crippen molar-refractivity contribution in [1.82, 2.24) is 19.6 Å². The van der Waals surface area contributed by atoms with Gasteiger partial charge in [0, 0.05) is 0 Å². The Morgan fingerprint density at radius 3 is 2.78 bits per heavy atom. The first-order valence-corrected chi connectivity index (χ1v) is 5.78. The van der Waals surface area contributed by atoms with Crippen LogP contribution in [0.3, 0.4) is 0 Å². The zero-order valence-corrected chi connectivity index (χ0v) is 10.1. The third-order valence-electron chi connectivity index (χ3n) is 2.89. The van der Waals surface area contributed by atoms with Crippen LogP contribution in [-0.4, -0.2) is 53.1 Å². The number of nitrogens with zero attached hydrogens (tertiary/aromatic N) is 4. The van der Waals surface area contributed by atoms with Gasteiger partial charge in [-0.3, -0.25) is 0 Å². The van der Waals surface area contributed by atoms with Crippen LogP contribution in [0.4, 0.5) is 0 Å². The van der Waals surface area contributed by atoms with Gasteiger partial charge in [-0.25, -0.2) is 9.50 Å². The van der Waals surface area contributed by atoms with Crippen molar-refractivity contribution < 1.29 is 14.2 Å². The molecule has 2 aromatic heterocycles. The Labute approximate surface area is 104 Å². The van der Waals surface area contributed by atoms with Crippen LogP contribution >= 0.6 is 0 Å². The highest BCUT2D eigenvalue weighted by molar-refractivity contribution is 5.54. The molecule has 0 aromatic carbocycles. The molecule has 0 saturated carbocycles. The molecular formula is C11H14N4O3. The minimum absolute atomic E-state index is 0.0783. The van der Waals surface area contributed by atoms with E-state index in [-0.39, 0.29) is 5.92 Å². The third kappa shape index (κ3) is 1.91. The van der Waals surface area contributed by atoms with E-state index in [1.54, 1.807) is 17.8 Å². The molecule has 96 valence electrons. The summed E-state index contributed by atoms with van der Waals surface area (Å²) in [6.07, 6.45) is 3.16. The largest absolute Gasteiger partial charge is 0.479 e. The molecule has 1 saturated heterocycles. The maximum absolute atomic E-state index is 5.48. The first kappa shape index (κ1) is 11.4. The molecule has 0 atom stereocenters.